The average Bonchev–Trinajstić information content (AvgIpc) is 2.79. The molecule has 164 valence electrons. The van der Waals surface area contributed by atoms with Crippen LogP contribution in [0.25, 0.3) is 0 Å². The van der Waals surface area contributed by atoms with Crippen molar-refractivity contribution in [3.8, 4) is 0 Å². The van der Waals surface area contributed by atoms with Crippen LogP contribution in [0.15, 0.2) is 42.5 Å². The standard InChI is InChI=1S/C24H30N4O3/c1-18-5-2-9-22(25-18)26-23(29)21-8-4-10-28(17-21)24(30)20-7-3-6-19(15-20)16-27-11-13-31-14-12-27/h2-3,5-7,9,15,21H,4,8,10-14,16-17H2,1H3,(H,25,26,29). The van der Waals surface area contributed by atoms with Crippen molar-refractivity contribution in [2.45, 2.75) is 26.3 Å². The number of anilines is 1. The zero-order valence-electron chi connectivity index (χ0n) is 18.0. The van der Waals surface area contributed by atoms with E-state index < -0.39 is 0 Å². The molecule has 2 fully saturated rings. The molecule has 2 aromatic rings. The summed E-state index contributed by atoms with van der Waals surface area (Å²) in [6.45, 7) is 7.17. The first kappa shape index (κ1) is 21.5. The van der Waals surface area contributed by atoms with Gasteiger partial charge in [-0.3, -0.25) is 14.5 Å². The highest BCUT2D eigenvalue weighted by Gasteiger charge is 2.29. The van der Waals surface area contributed by atoms with Crippen LogP contribution in [-0.4, -0.2) is 66.0 Å². The fourth-order valence-corrected chi connectivity index (χ4v) is 4.22. The van der Waals surface area contributed by atoms with E-state index in [1.54, 1.807) is 6.07 Å². The van der Waals surface area contributed by atoms with Crippen LogP contribution in [-0.2, 0) is 16.1 Å². The number of amides is 2. The summed E-state index contributed by atoms with van der Waals surface area (Å²) in [5, 5.41) is 2.90. The largest absolute Gasteiger partial charge is 0.379 e. The van der Waals surface area contributed by atoms with Gasteiger partial charge in [0.2, 0.25) is 5.91 Å². The third-order valence-electron chi connectivity index (χ3n) is 5.90. The minimum atomic E-state index is -0.225. The second-order valence-corrected chi connectivity index (χ2v) is 8.33. The second kappa shape index (κ2) is 10.0. The predicted octanol–water partition coefficient (Wildman–Crippen LogP) is 2.71. The monoisotopic (exact) mass is 422 g/mol. The summed E-state index contributed by atoms with van der Waals surface area (Å²) < 4.78 is 5.41. The molecule has 1 atom stereocenters. The van der Waals surface area contributed by atoms with Crippen molar-refractivity contribution in [2.75, 3.05) is 44.7 Å². The maximum Gasteiger partial charge on any atom is 0.253 e. The number of aryl methyl sites for hydroxylation is 1. The van der Waals surface area contributed by atoms with Crippen molar-refractivity contribution in [3.05, 3.63) is 59.3 Å². The van der Waals surface area contributed by atoms with Crippen LogP contribution >= 0.6 is 0 Å². The number of ether oxygens (including phenoxy) is 1. The molecule has 3 heterocycles. The summed E-state index contributed by atoms with van der Waals surface area (Å²) in [5.41, 5.74) is 2.67. The highest BCUT2D eigenvalue weighted by atomic mass is 16.5. The van der Waals surface area contributed by atoms with Gasteiger partial charge in [-0.05, 0) is 49.6 Å². The van der Waals surface area contributed by atoms with Crippen molar-refractivity contribution in [1.29, 1.82) is 0 Å². The molecular formula is C24H30N4O3. The third-order valence-corrected chi connectivity index (χ3v) is 5.90. The Hall–Kier alpha value is -2.77. The Morgan fingerprint density at radius 1 is 1.13 bits per heavy atom. The Labute approximate surface area is 183 Å². The zero-order valence-corrected chi connectivity index (χ0v) is 18.0. The molecule has 2 amide bonds. The second-order valence-electron chi connectivity index (χ2n) is 8.33. The normalized spacial score (nSPS) is 19.8. The highest BCUT2D eigenvalue weighted by molar-refractivity contribution is 5.96. The number of hydrogen-bond acceptors (Lipinski definition) is 5. The molecule has 2 aliphatic heterocycles. The average molecular weight is 423 g/mol. The smallest absolute Gasteiger partial charge is 0.253 e. The van der Waals surface area contributed by atoms with E-state index in [1.165, 1.54) is 0 Å². The Kier molecular flexibility index (Phi) is 6.94. The fraction of sp³-hybridized carbons (Fsp3) is 0.458. The Bertz CT molecular complexity index is 927. The van der Waals surface area contributed by atoms with Gasteiger partial charge in [-0.2, -0.15) is 0 Å². The first-order valence-electron chi connectivity index (χ1n) is 11.0. The molecular weight excluding hydrogens is 392 g/mol. The summed E-state index contributed by atoms with van der Waals surface area (Å²) in [6.07, 6.45) is 1.59. The molecule has 0 saturated carbocycles. The van der Waals surface area contributed by atoms with Gasteiger partial charge >= 0.3 is 0 Å². The number of nitrogens with one attached hydrogen (secondary N) is 1. The van der Waals surface area contributed by atoms with E-state index in [4.69, 9.17) is 4.74 Å². The zero-order chi connectivity index (χ0) is 21.6. The lowest BCUT2D eigenvalue weighted by molar-refractivity contribution is -0.121. The molecule has 0 bridgehead atoms. The van der Waals surface area contributed by atoms with Gasteiger partial charge in [-0.1, -0.05) is 18.2 Å². The van der Waals surface area contributed by atoms with Gasteiger partial charge in [0.25, 0.3) is 5.91 Å². The lowest BCUT2D eigenvalue weighted by atomic mass is 9.96. The van der Waals surface area contributed by atoms with E-state index in [2.05, 4.69) is 21.3 Å². The van der Waals surface area contributed by atoms with Crippen LogP contribution in [0.4, 0.5) is 5.82 Å². The number of likely N-dealkylation sites (tertiary alicyclic amines) is 1. The van der Waals surface area contributed by atoms with Crippen molar-refractivity contribution in [2.24, 2.45) is 5.92 Å². The van der Waals surface area contributed by atoms with Gasteiger partial charge in [-0.25, -0.2) is 4.98 Å². The molecule has 1 aromatic carbocycles. The van der Waals surface area contributed by atoms with Crippen LogP contribution in [0.3, 0.4) is 0 Å². The van der Waals surface area contributed by atoms with E-state index in [1.807, 2.05) is 42.2 Å². The SMILES string of the molecule is Cc1cccc(NC(=O)C2CCCN(C(=O)c3cccc(CN4CCOCC4)c3)C2)n1. The number of carbonyl (C=O) groups is 2. The highest BCUT2D eigenvalue weighted by Crippen LogP contribution is 2.21. The lowest BCUT2D eigenvalue weighted by Gasteiger charge is -2.32. The number of benzene rings is 1. The van der Waals surface area contributed by atoms with E-state index in [0.717, 1.165) is 56.9 Å². The van der Waals surface area contributed by atoms with Crippen LogP contribution in [0.1, 0.15) is 34.5 Å². The fourth-order valence-electron chi connectivity index (χ4n) is 4.22. The van der Waals surface area contributed by atoms with Gasteiger partial charge in [0.05, 0.1) is 19.1 Å². The van der Waals surface area contributed by atoms with Crippen LogP contribution in [0.5, 0.6) is 0 Å². The van der Waals surface area contributed by atoms with Crippen LogP contribution < -0.4 is 5.32 Å². The van der Waals surface area contributed by atoms with Gasteiger partial charge < -0.3 is 15.0 Å². The van der Waals surface area contributed by atoms with Crippen LogP contribution in [0.2, 0.25) is 0 Å². The predicted molar refractivity (Wildman–Crippen MR) is 119 cm³/mol. The van der Waals surface area contributed by atoms with Crippen LogP contribution in [0, 0.1) is 12.8 Å². The summed E-state index contributed by atoms with van der Waals surface area (Å²) in [6, 6.07) is 13.4. The van der Waals surface area contributed by atoms with E-state index in [9.17, 15) is 9.59 Å². The number of rotatable bonds is 5. The van der Waals surface area contributed by atoms with E-state index in [-0.39, 0.29) is 17.7 Å². The molecule has 0 aliphatic carbocycles. The molecule has 31 heavy (non-hydrogen) atoms. The minimum absolute atomic E-state index is 0.00462. The molecule has 0 spiro atoms. The number of morpholine rings is 1. The Morgan fingerprint density at radius 2 is 1.94 bits per heavy atom. The summed E-state index contributed by atoms with van der Waals surface area (Å²) in [4.78, 5) is 34.4. The third kappa shape index (κ3) is 5.68. The first-order valence-corrected chi connectivity index (χ1v) is 11.0. The summed E-state index contributed by atoms with van der Waals surface area (Å²) in [7, 11) is 0. The number of piperidine rings is 1. The number of carbonyl (C=O) groups excluding carboxylic acids is 2. The lowest BCUT2D eigenvalue weighted by Crippen LogP contribution is -2.43. The molecule has 7 nitrogen and oxygen atoms in total. The minimum Gasteiger partial charge on any atom is -0.379 e. The van der Waals surface area contributed by atoms with Crippen molar-refractivity contribution >= 4 is 17.6 Å². The number of pyridine rings is 1. The summed E-state index contributed by atoms with van der Waals surface area (Å²) >= 11 is 0. The molecule has 0 radical (unpaired) electrons. The number of aromatic nitrogens is 1. The van der Waals surface area contributed by atoms with Gasteiger partial charge in [-0.15, -0.1) is 0 Å². The van der Waals surface area contributed by atoms with Gasteiger partial charge in [0, 0.05) is 44.0 Å². The van der Waals surface area contributed by atoms with Crippen molar-refractivity contribution < 1.29 is 14.3 Å². The number of hydrogen-bond donors (Lipinski definition) is 1. The Balaban J connectivity index is 1.38. The van der Waals surface area contributed by atoms with Gasteiger partial charge in [0.1, 0.15) is 5.82 Å². The van der Waals surface area contributed by atoms with E-state index >= 15 is 0 Å². The first-order chi connectivity index (χ1) is 15.1. The molecule has 1 N–H and O–H groups in total. The molecule has 4 rings (SSSR count). The summed E-state index contributed by atoms with van der Waals surface area (Å²) in [5.74, 6) is 0.257. The molecule has 1 unspecified atom stereocenters. The topological polar surface area (TPSA) is 74.8 Å². The van der Waals surface area contributed by atoms with Crippen molar-refractivity contribution in [1.82, 2.24) is 14.8 Å². The van der Waals surface area contributed by atoms with Gasteiger partial charge in [0.15, 0.2) is 0 Å². The molecule has 2 saturated heterocycles. The molecule has 1 aromatic heterocycles. The van der Waals surface area contributed by atoms with Crippen molar-refractivity contribution in [3.63, 3.8) is 0 Å². The molecule has 2 aliphatic rings. The Morgan fingerprint density at radius 3 is 2.74 bits per heavy atom. The molecule has 7 heteroatoms. The van der Waals surface area contributed by atoms with E-state index in [0.29, 0.717) is 24.5 Å². The number of nitrogens with zero attached hydrogens (tertiary/aromatic N) is 3. The maximum absolute atomic E-state index is 13.2. The quantitative estimate of drug-likeness (QED) is 0.802. The maximum atomic E-state index is 13.2.